The first-order valence-electron chi connectivity index (χ1n) is 7.78. The Balaban J connectivity index is 1.56. The number of nitrogens with one attached hydrogen (secondary N) is 1. The smallest absolute Gasteiger partial charge is 0.285 e. The lowest BCUT2D eigenvalue weighted by Crippen LogP contribution is -2.15. The number of carbonyl (C=O) groups excluding carboxylic acids is 2. The van der Waals surface area contributed by atoms with E-state index in [4.69, 9.17) is 11.6 Å². The van der Waals surface area contributed by atoms with Crippen molar-refractivity contribution >= 4 is 63.1 Å². The Hall–Kier alpha value is -2.02. The monoisotopic (exact) mass is 402 g/mol. The molecule has 1 aliphatic heterocycles. The van der Waals surface area contributed by atoms with Crippen molar-refractivity contribution in [3.8, 4) is 0 Å². The zero-order chi connectivity index (χ0) is 18.5. The van der Waals surface area contributed by atoms with E-state index in [0.717, 1.165) is 11.1 Å². The molecule has 2 amide bonds. The molecule has 2 aromatic carbocycles. The van der Waals surface area contributed by atoms with Gasteiger partial charge in [0.2, 0.25) is 5.91 Å². The lowest BCUT2D eigenvalue weighted by Gasteiger charge is -2.09. The second-order valence-corrected chi connectivity index (χ2v) is 8.11. The fraction of sp³-hybridized carbons (Fsp3) is 0.105. The van der Waals surface area contributed by atoms with Crippen LogP contribution in [0.1, 0.15) is 11.1 Å². The number of aliphatic imine (C=N–C) groups is 1. The molecule has 3 rings (SSSR count). The van der Waals surface area contributed by atoms with E-state index in [1.165, 1.54) is 23.5 Å². The number of anilines is 1. The van der Waals surface area contributed by atoms with Gasteiger partial charge in [0.05, 0.1) is 10.7 Å². The summed E-state index contributed by atoms with van der Waals surface area (Å²) in [6.07, 6.45) is 1.81. The van der Waals surface area contributed by atoms with Crippen molar-refractivity contribution in [1.82, 2.24) is 0 Å². The minimum Gasteiger partial charge on any atom is -0.325 e. The number of carbonyl (C=O) groups is 2. The lowest BCUT2D eigenvalue weighted by atomic mass is 10.2. The third-order valence-corrected chi connectivity index (χ3v) is 6.10. The first kappa shape index (κ1) is 18.8. The maximum Gasteiger partial charge on any atom is 0.285 e. The number of amides is 2. The van der Waals surface area contributed by atoms with Crippen LogP contribution in [0.4, 0.5) is 5.69 Å². The van der Waals surface area contributed by atoms with E-state index in [1.54, 1.807) is 24.3 Å². The zero-order valence-electron chi connectivity index (χ0n) is 13.9. The molecule has 0 bridgehead atoms. The maximum absolute atomic E-state index is 12.1. The molecule has 0 saturated carbocycles. The molecule has 1 N–H and O–H groups in total. The van der Waals surface area contributed by atoms with Gasteiger partial charge < -0.3 is 5.32 Å². The van der Waals surface area contributed by atoms with Crippen molar-refractivity contribution < 1.29 is 9.59 Å². The molecule has 0 unspecified atom stereocenters. The molecule has 2 aromatic rings. The summed E-state index contributed by atoms with van der Waals surface area (Å²) in [5.41, 5.74) is 2.45. The van der Waals surface area contributed by atoms with Gasteiger partial charge in [0.25, 0.3) is 5.91 Å². The highest BCUT2D eigenvalue weighted by Gasteiger charge is 2.23. The Kier molecular flexibility index (Phi) is 6.19. The molecule has 0 aromatic heterocycles. The third-order valence-electron chi connectivity index (χ3n) is 3.57. The summed E-state index contributed by atoms with van der Waals surface area (Å²) >= 11 is 8.59. The Labute approximate surface area is 165 Å². The first-order chi connectivity index (χ1) is 12.5. The van der Waals surface area contributed by atoms with Crippen molar-refractivity contribution in [2.24, 2.45) is 4.99 Å². The summed E-state index contributed by atoms with van der Waals surface area (Å²) in [6, 6.07) is 15.0. The van der Waals surface area contributed by atoms with E-state index in [2.05, 4.69) is 10.3 Å². The highest BCUT2D eigenvalue weighted by Crippen LogP contribution is 2.33. The van der Waals surface area contributed by atoms with Gasteiger partial charge in [-0.2, -0.15) is 4.99 Å². The lowest BCUT2D eigenvalue weighted by molar-refractivity contribution is -0.114. The van der Waals surface area contributed by atoms with Crippen LogP contribution in [0.15, 0.2) is 58.4 Å². The number of nitrogens with zero attached hydrogens (tertiary/aromatic N) is 1. The first-order valence-corrected chi connectivity index (χ1v) is 9.96. The molecule has 7 heteroatoms. The highest BCUT2D eigenvalue weighted by atomic mass is 35.5. The molecule has 1 aliphatic rings. The topological polar surface area (TPSA) is 58.5 Å². The molecular formula is C19H15ClN2O2S2. The number of benzene rings is 2. The summed E-state index contributed by atoms with van der Waals surface area (Å²) in [7, 11) is 0. The fourth-order valence-electron chi connectivity index (χ4n) is 2.21. The Morgan fingerprint density at radius 2 is 2.00 bits per heavy atom. The van der Waals surface area contributed by atoms with Crippen LogP contribution >= 0.6 is 35.1 Å². The van der Waals surface area contributed by atoms with Crippen LogP contribution in [-0.4, -0.2) is 21.9 Å². The van der Waals surface area contributed by atoms with Gasteiger partial charge in [0, 0.05) is 10.7 Å². The second kappa shape index (κ2) is 8.58. The molecular weight excluding hydrogens is 388 g/mol. The van der Waals surface area contributed by atoms with Gasteiger partial charge in [-0.15, -0.1) is 0 Å². The average Bonchev–Trinajstić information content (AvgIpc) is 2.98. The van der Waals surface area contributed by atoms with Gasteiger partial charge in [-0.05, 0) is 36.3 Å². The minimum atomic E-state index is -0.271. The summed E-state index contributed by atoms with van der Waals surface area (Å²) in [6.45, 7) is 1.85. The molecule has 0 aliphatic carbocycles. The van der Waals surface area contributed by atoms with Crippen molar-refractivity contribution in [1.29, 1.82) is 0 Å². The van der Waals surface area contributed by atoms with Crippen molar-refractivity contribution in [3.63, 3.8) is 0 Å². The van der Waals surface area contributed by atoms with Gasteiger partial charge in [0.1, 0.15) is 4.38 Å². The van der Waals surface area contributed by atoms with E-state index in [-0.39, 0.29) is 17.6 Å². The molecule has 4 nitrogen and oxygen atoms in total. The van der Waals surface area contributed by atoms with E-state index >= 15 is 0 Å². The number of hydrogen-bond acceptors (Lipinski definition) is 4. The summed E-state index contributed by atoms with van der Waals surface area (Å²) in [5.74, 6) is -0.270. The number of halogens is 1. The molecule has 0 spiro atoms. The van der Waals surface area contributed by atoms with Gasteiger partial charge in [-0.25, -0.2) is 0 Å². The van der Waals surface area contributed by atoms with Crippen molar-refractivity contribution in [2.75, 3.05) is 11.1 Å². The molecule has 0 fully saturated rings. The molecule has 132 valence electrons. The zero-order valence-corrected chi connectivity index (χ0v) is 16.3. The fourth-order valence-corrected chi connectivity index (χ4v) is 4.18. The predicted octanol–water partition coefficient (Wildman–Crippen LogP) is 4.99. The van der Waals surface area contributed by atoms with Gasteiger partial charge in [-0.3, -0.25) is 9.59 Å². The van der Waals surface area contributed by atoms with Crippen LogP contribution in [0.5, 0.6) is 0 Å². The summed E-state index contributed by atoms with van der Waals surface area (Å²) < 4.78 is 0.579. The van der Waals surface area contributed by atoms with E-state index in [9.17, 15) is 9.59 Å². The SMILES string of the molecule is Cc1c(Cl)cccc1NC(=O)CSC1=NC(=O)/C(=C\c2ccccc2)S1. The molecule has 1 heterocycles. The van der Waals surface area contributed by atoms with E-state index in [0.29, 0.717) is 20.0 Å². The van der Waals surface area contributed by atoms with Crippen molar-refractivity contribution in [2.45, 2.75) is 6.92 Å². The molecule has 0 radical (unpaired) electrons. The van der Waals surface area contributed by atoms with E-state index in [1.807, 2.05) is 37.3 Å². The van der Waals surface area contributed by atoms with E-state index < -0.39 is 0 Å². The van der Waals surface area contributed by atoms with Crippen LogP contribution in [0.3, 0.4) is 0 Å². The summed E-state index contributed by atoms with van der Waals surface area (Å²) in [4.78, 5) is 28.7. The van der Waals surface area contributed by atoms with Crippen LogP contribution < -0.4 is 5.32 Å². The quantitative estimate of drug-likeness (QED) is 0.732. The standard InChI is InChI=1S/C19H15ClN2O2S2/c1-12-14(20)8-5-9-15(12)21-17(23)11-25-19-22-18(24)16(26-19)10-13-6-3-2-4-7-13/h2-10H,11H2,1H3,(H,21,23)/b16-10+. The molecule has 0 saturated heterocycles. The maximum atomic E-state index is 12.1. The van der Waals surface area contributed by atoms with Gasteiger partial charge >= 0.3 is 0 Å². The van der Waals surface area contributed by atoms with Crippen LogP contribution in [0.2, 0.25) is 5.02 Å². The van der Waals surface area contributed by atoms with Crippen molar-refractivity contribution in [3.05, 3.63) is 69.6 Å². The molecule has 26 heavy (non-hydrogen) atoms. The number of thioether (sulfide) groups is 2. The predicted molar refractivity (Wildman–Crippen MR) is 112 cm³/mol. The Morgan fingerprint density at radius 3 is 2.77 bits per heavy atom. The second-order valence-electron chi connectivity index (χ2n) is 5.45. The largest absolute Gasteiger partial charge is 0.325 e. The Bertz CT molecular complexity index is 911. The highest BCUT2D eigenvalue weighted by molar-refractivity contribution is 8.41. The normalized spacial score (nSPS) is 15.2. The number of hydrogen-bond donors (Lipinski definition) is 1. The van der Waals surface area contributed by atoms with Gasteiger partial charge in [0.15, 0.2) is 0 Å². The summed E-state index contributed by atoms with van der Waals surface area (Å²) in [5, 5.41) is 3.43. The average molecular weight is 403 g/mol. The third kappa shape index (κ3) is 4.78. The molecule has 0 atom stereocenters. The minimum absolute atomic E-state index is 0.170. The van der Waals surface area contributed by atoms with Crippen LogP contribution in [-0.2, 0) is 9.59 Å². The van der Waals surface area contributed by atoms with Crippen LogP contribution in [0, 0.1) is 6.92 Å². The number of rotatable bonds is 4. The van der Waals surface area contributed by atoms with Crippen LogP contribution in [0.25, 0.3) is 6.08 Å². The van der Waals surface area contributed by atoms with Gasteiger partial charge in [-0.1, -0.05) is 71.5 Å². The Morgan fingerprint density at radius 1 is 1.23 bits per heavy atom.